The summed E-state index contributed by atoms with van der Waals surface area (Å²) in [5.74, 6) is 0.215. The van der Waals surface area contributed by atoms with Gasteiger partial charge >= 0.3 is 0 Å². The van der Waals surface area contributed by atoms with Gasteiger partial charge in [0.05, 0.1) is 12.5 Å². The van der Waals surface area contributed by atoms with E-state index in [1.165, 1.54) is 13.2 Å². The highest BCUT2D eigenvalue weighted by Crippen LogP contribution is 2.41. The van der Waals surface area contributed by atoms with Crippen molar-refractivity contribution in [3.05, 3.63) is 65.5 Å². The minimum atomic E-state index is -0.558. The molecular formula is C23H25FN2O3. The van der Waals surface area contributed by atoms with Gasteiger partial charge in [0.25, 0.3) is 5.91 Å². The van der Waals surface area contributed by atoms with E-state index < -0.39 is 5.41 Å². The molecule has 0 aliphatic carbocycles. The second-order valence-corrected chi connectivity index (χ2v) is 7.91. The van der Waals surface area contributed by atoms with Crippen LogP contribution in [0.1, 0.15) is 35.2 Å². The van der Waals surface area contributed by atoms with Crippen molar-refractivity contribution in [2.24, 2.45) is 5.41 Å². The third-order valence-corrected chi connectivity index (χ3v) is 6.10. The molecule has 2 aliphatic heterocycles. The molecule has 0 unspecified atom stereocenters. The van der Waals surface area contributed by atoms with Crippen LogP contribution in [0.5, 0.6) is 5.75 Å². The summed E-state index contributed by atoms with van der Waals surface area (Å²) in [6.45, 7) is 1.82. The second-order valence-electron chi connectivity index (χ2n) is 7.91. The minimum absolute atomic E-state index is 0.0225. The van der Waals surface area contributed by atoms with Crippen molar-refractivity contribution < 1.29 is 18.7 Å². The summed E-state index contributed by atoms with van der Waals surface area (Å²) in [7, 11) is 1.54. The number of carbonyl (C=O) groups is 2. The molecule has 2 aromatic carbocycles. The van der Waals surface area contributed by atoms with E-state index in [0.717, 1.165) is 12.8 Å². The van der Waals surface area contributed by atoms with Crippen LogP contribution in [-0.2, 0) is 11.3 Å². The number of amides is 2. The van der Waals surface area contributed by atoms with Gasteiger partial charge in [-0.15, -0.1) is 0 Å². The van der Waals surface area contributed by atoms with E-state index in [4.69, 9.17) is 4.74 Å². The number of hydrogen-bond donors (Lipinski definition) is 0. The fourth-order valence-corrected chi connectivity index (χ4v) is 4.50. The van der Waals surface area contributed by atoms with Crippen LogP contribution in [0.3, 0.4) is 0 Å². The van der Waals surface area contributed by atoms with Gasteiger partial charge in [-0.3, -0.25) is 9.59 Å². The van der Waals surface area contributed by atoms with Crippen molar-refractivity contribution in [1.82, 2.24) is 9.80 Å². The van der Waals surface area contributed by atoms with Gasteiger partial charge in [0.2, 0.25) is 5.91 Å². The van der Waals surface area contributed by atoms with Gasteiger partial charge in [-0.05, 0) is 49.6 Å². The molecule has 0 bridgehead atoms. The topological polar surface area (TPSA) is 49.9 Å². The highest BCUT2D eigenvalue weighted by atomic mass is 19.1. The summed E-state index contributed by atoms with van der Waals surface area (Å²) in [4.78, 5) is 29.7. The smallest absolute Gasteiger partial charge is 0.253 e. The molecule has 2 amide bonds. The number of nitrogens with zero attached hydrogens (tertiary/aromatic N) is 2. The summed E-state index contributed by atoms with van der Waals surface area (Å²) >= 11 is 0. The maximum Gasteiger partial charge on any atom is 0.253 e. The van der Waals surface area contributed by atoms with Crippen LogP contribution in [-0.4, -0.2) is 48.4 Å². The molecule has 0 saturated carbocycles. The molecule has 2 aromatic rings. The number of ether oxygens (including phenoxy) is 1. The molecule has 1 spiro atoms. The first-order chi connectivity index (χ1) is 14.0. The van der Waals surface area contributed by atoms with Crippen LogP contribution >= 0.6 is 0 Å². The maximum atomic E-state index is 14.3. The third kappa shape index (κ3) is 3.71. The Balaban J connectivity index is 1.50. The lowest BCUT2D eigenvalue weighted by Crippen LogP contribution is -2.50. The molecule has 0 radical (unpaired) electrons. The third-order valence-electron chi connectivity index (χ3n) is 6.10. The van der Waals surface area contributed by atoms with Crippen molar-refractivity contribution >= 4 is 11.8 Å². The summed E-state index contributed by atoms with van der Waals surface area (Å²) in [6, 6.07) is 13.7. The average molecular weight is 396 g/mol. The van der Waals surface area contributed by atoms with Crippen LogP contribution in [0.15, 0.2) is 48.5 Å². The van der Waals surface area contributed by atoms with E-state index in [0.29, 0.717) is 42.9 Å². The number of halogens is 1. The minimum Gasteiger partial charge on any atom is -0.497 e. The number of carbonyl (C=O) groups excluding carboxylic acids is 2. The number of piperidine rings is 1. The Hall–Kier alpha value is -2.89. The Morgan fingerprint density at radius 2 is 1.93 bits per heavy atom. The molecule has 29 heavy (non-hydrogen) atoms. The van der Waals surface area contributed by atoms with Crippen LogP contribution in [0.2, 0.25) is 0 Å². The summed E-state index contributed by atoms with van der Waals surface area (Å²) in [5, 5.41) is 0. The fourth-order valence-electron chi connectivity index (χ4n) is 4.50. The molecule has 2 heterocycles. The second kappa shape index (κ2) is 7.85. The first kappa shape index (κ1) is 19.4. The van der Waals surface area contributed by atoms with Crippen molar-refractivity contribution in [2.75, 3.05) is 26.7 Å². The Morgan fingerprint density at radius 3 is 2.69 bits per heavy atom. The zero-order chi connectivity index (χ0) is 20.4. The molecule has 2 aliphatic rings. The average Bonchev–Trinajstić information content (AvgIpc) is 3.18. The number of likely N-dealkylation sites (tertiary alicyclic amines) is 2. The van der Waals surface area contributed by atoms with Crippen LogP contribution in [0.4, 0.5) is 4.39 Å². The summed E-state index contributed by atoms with van der Waals surface area (Å²) in [5.41, 5.74) is 0.533. The molecule has 0 N–H and O–H groups in total. The normalized spacial score (nSPS) is 21.7. The van der Waals surface area contributed by atoms with E-state index in [-0.39, 0.29) is 24.2 Å². The molecular weight excluding hydrogens is 371 g/mol. The molecule has 4 rings (SSSR count). The molecule has 152 valence electrons. The van der Waals surface area contributed by atoms with E-state index in [9.17, 15) is 14.0 Å². The molecule has 6 heteroatoms. The monoisotopic (exact) mass is 396 g/mol. The summed E-state index contributed by atoms with van der Waals surface area (Å²) in [6.07, 6.45) is 2.27. The van der Waals surface area contributed by atoms with Gasteiger partial charge in [-0.2, -0.15) is 0 Å². The Kier molecular flexibility index (Phi) is 5.26. The van der Waals surface area contributed by atoms with Gasteiger partial charge in [-0.1, -0.05) is 18.2 Å². The lowest BCUT2D eigenvalue weighted by atomic mass is 9.78. The summed E-state index contributed by atoms with van der Waals surface area (Å²) < 4.78 is 19.5. The molecule has 1 atom stereocenters. The number of rotatable bonds is 4. The fraction of sp³-hybridized carbons (Fsp3) is 0.391. The Labute approximate surface area is 170 Å². The van der Waals surface area contributed by atoms with Gasteiger partial charge < -0.3 is 14.5 Å². The highest BCUT2D eigenvalue weighted by molar-refractivity contribution is 5.95. The Bertz CT molecular complexity index is 918. The quantitative estimate of drug-likeness (QED) is 0.795. The van der Waals surface area contributed by atoms with Gasteiger partial charge in [0.1, 0.15) is 11.6 Å². The van der Waals surface area contributed by atoms with E-state index in [1.807, 2.05) is 18.2 Å². The van der Waals surface area contributed by atoms with Gasteiger partial charge in [-0.25, -0.2) is 4.39 Å². The van der Waals surface area contributed by atoms with Gasteiger partial charge in [0.15, 0.2) is 0 Å². The molecule has 2 fully saturated rings. The predicted octanol–water partition coefficient (Wildman–Crippen LogP) is 3.49. The molecule has 5 nitrogen and oxygen atoms in total. The van der Waals surface area contributed by atoms with Crippen molar-refractivity contribution in [2.45, 2.75) is 25.8 Å². The van der Waals surface area contributed by atoms with Crippen LogP contribution in [0.25, 0.3) is 0 Å². The van der Waals surface area contributed by atoms with Gasteiger partial charge in [0, 0.05) is 37.3 Å². The predicted molar refractivity (Wildman–Crippen MR) is 107 cm³/mol. The number of methoxy groups -OCH3 is 1. The largest absolute Gasteiger partial charge is 0.497 e. The zero-order valence-corrected chi connectivity index (χ0v) is 16.6. The highest BCUT2D eigenvalue weighted by Gasteiger charge is 2.49. The van der Waals surface area contributed by atoms with E-state index in [1.54, 1.807) is 34.1 Å². The first-order valence-electron chi connectivity index (χ1n) is 9.98. The zero-order valence-electron chi connectivity index (χ0n) is 16.6. The lowest BCUT2D eigenvalue weighted by Gasteiger charge is -2.39. The Morgan fingerprint density at radius 1 is 1.14 bits per heavy atom. The number of benzene rings is 2. The first-order valence-corrected chi connectivity index (χ1v) is 9.98. The lowest BCUT2D eigenvalue weighted by molar-refractivity contribution is -0.146. The van der Waals surface area contributed by atoms with E-state index >= 15 is 0 Å². The van der Waals surface area contributed by atoms with Crippen LogP contribution < -0.4 is 4.74 Å². The standard InChI is InChI=1S/C23H25FN2O3/c1-29-19-8-9-20(24)18(14-19)15-25-12-5-10-23(22(25)28)11-13-26(16-23)21(27)17-6-3-2-4-7-17/h2-4,6-9,14H,5,10-13,15-16H2,1H3/t23-/m1/s1. The maximum absolute atomic E-state index is 14.3. The molecule has 0 aromatic heterocycles. The van der Waals surface area contributed by atoms with Crippen molar-refractivity contribution in [3.63, 3.8) is 0 Å². The number of hydrogen-bond acceptors (Lipinski definition) is 3. The van der Waals surface area contributed by atoms with Crippen LogP contribution in [0, 0.1) is 11.2 Å². The van der Waals surface area contributed by atoms with Crippen molar-refractivity contribution in [1.29, 1.82) is 0 Å². The van der Waals surface area contributed by atoms with Crippen molar-refractivity contribution in [3.8, 4) is 5.75 Å². The molecule has 2 saturated heterocycles. The SMILES string of the molecule is COc1ccc(F)c(CN2CCC[C@]3(CCN(C(=O)c4ccccc4)C3)C2=O)c1. The van der Waals surface area contributed by atoms with E-state index in [2.05, 4.69) is 0 Å².